The SMILES string of the molecule is O=C(C1Cc2ccccc2O1)N1C[C@@H]2CCC[C@@]2(C(=O)O)C1. The lowest BCUT2D eigenvalue weighted by atomic mass is 9.81. The third-order valence-corrected chi connectivity index (χ3v) is 5.53. The Morgan fingerprint density at radius 2 is 2.14 bits per heavy atom. The summed E-state index contributed by atoms with van der Waals surface area (Å²) in [6.45, 7) is 0.892. The molecule has 1 saturated heterocycles. The van der Waals surface area contributed by atoms with E-state index in [1.54, 1.807) is 4.90 Å². The number of rotatable bonds is 2. The lowest BCUT2D eigenvalue weighted by Gasteiger charge is -2.24. The molecule has 0 aromatic heterocycles. The zero-order valence-electron chi connectivity index (χ0n) is 12.3. The molecule has 0 bridgehead atoms. The fourth-order valence-corrected chi connectivity index (χ4v) is 4.33. The van der Waals surface area contributed by atoms with E-state index in [1.165, 1.54) is 0 Å². The van der Waals surface area contributed by atoms with Crippen LogP contribution < -0.4 is 4.74 Å². The maximum Gasteiger partial charge on any atom is 0.311 e. The van der Waals surface area contributed by atoms with Gasteiger partial charge in [0.25, 0.3) is 5.91 Å². The van der Waals surface area contributed by atoms with Gasteiger partial charge < -0.3 is 14.7 Å². The van der Waals surface area contributed by atoms with Gasteiger partial charge in [0.05, 0.1) is 5.41 Å². The van der Waals surface area contributed by atoms with Crippen molar-refractivity contribution in [2.45, 2.75) is 31.8 Å². The monoisotopic (exact) mass is 301 g/mol. The topological polar surface area (TPSA) is 66.8 Å². The van der Waals surface area contributed by atoms with Crippen molar-refractivity contribution < 1.29 is 19.4 Å². The number of carbonyl (C=O) groups is 2. The van der Waals surface area contributed by atoms with Crippen molar-refractivity contribution in [3.8, 4) is 5.75 Å². The van der Waals surface area contributed by atoms with Crippen LogP contribution in [0, 0.1) is 11.3 Å². The van der Waals surface area contributed by atoms with E-state index in [0.717, 1.165) is 24.2 Å². The molecule has 1 unspecified atom stereocenters. The smallest absolute Gasteiger partial charge is 0.311 e. The van der Waals surface area contributed by atoms with Gasteiger partial charge in [-0.05, 0) is 30.4 Å². The molecular formula is C17H19NO4. The molecule has 1 aromatic carbocycles. The zero-order chi connectivity index (χ0) is 15.3. The van der Waals surface area contributed by atoms with E-state index in [0.29, 0.717) is 25.9 Å². The predicted molar refractivity (Wildman–Crippen MR) is 78.6 cm³/mol. The number of benzene rings is 1. The minimum absolute atomic E-state index is 0.0637. The quantitative estimate of drug-likeness (QED) is 0.903. The summed E-state index contributed by atoms with van der Waals surface area (Å²) in [6.07, 6.45) is 2.62. The van der Waals surface area contributed by atoms with E-state index < -0.39 is 17.5 Å². The summed E-state index contributed by atoms with van der Waals surface area (Å²) >= 11 is 0. The van der Waals surface area contributed by atoms with Crippen molar-refractivity contribution in [2.24, 2.45) is 11.3 Å². The first-order chi connectivity index (χ1) is 10.6. The first-order valence-electron chi connectivity index (χ1n) is 7.87. The molecular weight excluding hydrogens is 282 g/mol. The minimum Gasteiger partial charge on any atom is -0.481 e. The summed E-state index contributed by atoms with van der Waals surface area (Å²) in [5.74, 6) is 0.0538. The fourth-order valence-electron chi connectivity index (χ4n) is 4.33. The largest absolute Gasteiger partial charge is 0.481 e. The molecule has 3 atom stereocenters. The molecule has 5 nitrogen and oxygen atoms in total. The highest BCUT2D eigenvalue weighted by Crippen LogP contribution is 2.49. The van der Waals surface area contributed by atoms with E-state index in [1.807, 2.05) is 24.3 Å². The first kappa shape index (κ1) is 13.6. The van der Waals surface area contributed by atoms with Gasteiger partial charge in [0, 0.05) is 19.5 Å². The number of carboxylic acids is 1. The van der Waals surface area contributed by atoms with Crippen LogP contribution in [0.5, 0.6) is 5.75 Å². The van der Waals surface area contributed by atoms with E-state index in [2.05, 4.69) is 0 Å². The molecule has 1 N–H and O–H groups in total. The molecule has 1 aliphatic carbocycles. The van der Waals surface area contributed by atoms with Gasteiger partial charge in [-0.3, -0.25) is 9.59 Å². The average Bonchev–Trinajstić information content (AvgIpc) is 3.17. The van der Waals surface area contributed by atoms with Crippen molar-refractivity contribution >= 4 is 11.9 Å². The van der Waals surface area contributed by atoms with Crippen molar-refractivity contribution in [3.05, 3.63) is 29.8 Å². The molecule has 1 aromatic rings. The van der Waals surface area contributed by atoms with Gasteiger partial charge >= 0.3 is 5.97 Å². The Morgan fingerprint density at radius 1 is 1.32 bits per heavy atom. The van der Waals surface area contributed by atoms with E-state index in [9.17, 15) is 14.7 Å². The van der Waals surface area contributed by atoms with Crippen molar-refractivity contribution in [1.29, 1.82) is 0 Å². The lowest BCUT2D eigenvalue weighted by molar-refractivity contribution is -0.150. The molecule has 116 valence electrons. The summed E-state index contributed by atoms with van der Waals surface area (Å²) < 4.78 is 5.76. The second-order valence-corrected chi connectivity index (χ2v) is 6.69. The van der Waals surface area contributed by atoms with Crippen LogP contribution >= 0.6 is 0 Å². The number of aliphatic carboxylic acids is 1. The predicted octanol–water partition coefficient (Wildman–Crippen LogP) is 1.70. The van der Waals surface area contributed by atoms with Crippen LogP contribution in [0.2, 0.25) is 0 Å². The Bertz CT molecular complexity index is 618. The van der Waals surface area contributed by atoms with Crippen molar-refractivity contribution in [3.63, 3.8) is 0 Å². The average molecular weight is 301 g/mol. The van der Waals surface area contributed by atoms with Crippen LogP contribution in [0.3, 0.4) is 0 Å². The van der Waals surface area contributed by atoms with Crippen molar-refractivity contribution in [1.82, 2.24) is 4.90 Å². The standard InChI is InChI=1S/C17H19NO4/c19-15(14-8-11-4-1-2-6-13(11)22-14)18-9-12-5-3-7-17(12,10-18)16(20)21/h1-2,4,6,12,14H,3,5,7-10H2,(H,20,21)/t12-,14?,17+/m0/s1. The van der Waals surface area contributed by atoms with E-state index in [4.69, 9.17) is 4.74 Å². The first-order valence-corrected chi connectivity index (χ1v) is 7.87. The Balaban J connectivity index is 1.51. The van der Waals surface area contributed by atoms with Gasteiger partial charge in [-0.15, -0.1) is 0 Å². The Kier molecular flexibility index (Phi) is 2.93. The van der Waals surface area contributed by atoms with Crippen LogP contribution in [-0.2, 0) is 16.0 Å². The number of hydrogen-bond donors (Lipinski definition) is 1. The maximum atomic E-state index is 12.7. The minimum atomic E-state index is -0.749. The number of para-hydroxylation sites is 1. The molecule has 3 aliphatic rings. The number of likely N-dealkylation sites (tertiary alicyclic amines) is 1. The molecule has 0 radical (unpaired) electrons. The van der Waals surface area contributed by atoms with Gasteiger partial charge in [-0.2, -0.15) is 0 Å². The zero-order valence-corrected chi connectivity index (χ0v) is 12.3. The van der Waals surface area contributed by atoms with E-state index >= 15 is 0 Å². The number of carbonyl (C=O) groups excluding carboxylic acids is 1. The summed E-state index contributed by atoms with van der Waals surface area (Å²) in [5, 5.41) is 9.61. The number of fused-ring (bicyclic) bond motifs is 2. The summed E-state index contributed by atoms with van der Waals surface area (Å²) in [7, 11) is 0. The van der Waals surface area contributed by atoms with Gasteiger partial charge in [0.15, 0.2) is 6.10 Å². The third kappa shape index (κ3) is 1.84. The second-order valence-electron chi connectivity index (χ2n) is 6.69. The van der Waals surface area contributed by atoms with Gasteiger partial charge in [-0.25, -0.2) is 0 Å². The van der Waals surface area contributed by atoms with Crippen LogP contribution in [-0.4, -0.2) is 41.1 Å². The normalized spacial score (nSPS) is 32.5. The number of amides is 1. The Morgan fingerprint density at radius 3 is 2.86 bits per heavy atom. The summed E-state index contributed by atoms with van der Waals surface area (Å²) in [6, 6.07) is 7.68. The third-order valence-electron chi connectivity index (χ3n) is 5.53. The molecule has 4 rings (SSSR count). The van der Waals surface area contributed by atoms with Crippen LogP contribution in [0.4, 0.5) is 0 Å². The van der Waals surface area contributed by atoms with E-state index in [-0.39, 0.29) is 11.8 Å². The highest BCUT2D eigenvalue weighted by atomic mass is 16.5. The number of carboxylic acid groups (broad SMARTS) is 1. The summed E-state index contributed by atoms with van der Waals surface area (Å²) in [4.78, 5) is 26.1. The summed E-state index contributed by atoms with van der Waals surface area (Å²) in [5.41, 5.74) is 0.328. The fraction of sp³-hybridized carbons (Fsp3) is 0.529. The van der Waals surface area contributed by atoms with Crippen LogP contribution in [0.15, 0.2) is 24.3 Å². The van der Waals surface area contributed by atoms with Crippen LogP contribution in [0.1, 0.15) is 24.8 Å². The lowest BCUT2D eigenvalue weighted by Crippen LogP contribution is -2.42. The molecule has 2 heterocycles. The molecule has 22 heavy (non-hydrogen) atoms. The second kappa shape index (κ2) is 4.73. The van der Waals surface area contributed by atoms with Gasteiger partial charge in [-0.1, -0.05) is 24.6 Å². The Labute approximate surface area is 128 Å². The highest BCUT2D eigenvalue weighted by molar-refractivity contribution is 5.85. The number of ether oxygens (including phenoxy) is 1. The van der Waals surface area contributed by atoms with Gasteiger partial charge in [0.2, 0.25) is 0 Å². The van der Waals surface area contributed by atoms with Gasteiger partial charge in [0.1, 0.15) is 5.75 Å². The van der Waals surface area contributed by atoms with Crippen molar-refractivity contribution in [2.75, 3.05) is 13.1 Å². The molecule has 5 heteroatoms. The molecule has 2 aliphatic heterocycles. The molecule has 1 saturated carbocycles. The number of nitrogens with zero attached hydrogens (tertiary/aromatic N) is 1. The number of hydrogen-bond acceptors (Lipinski definition) is 3. The van der Waals surface area contributed by atoms with Crippen LogP contribution in [0.25, 0.3) is 0 Å². The Hall–Kier alpha value is -2.04. The molecule has 0 spiro atoms. The molecule has 2 fully saturated rings. The maximum absolute atomic E-state index is 12.7. The highest BCUT2D eigenvalue weighted by Gasteiger charge is 2.56. The molecule has 1 amide bonds.